The molecule has 2 aromatic heterocycles. The average molecular weight is 505 g/mol. The van der Waals surface area contributed by atoms with Gasteiger partial charge in [0.1, 0.15) is 23.3 Å². The molecule has 3 heterocycles. The topological polar surface area (TPSA) is 118 Å². The second-order valence-electron chi connectivity index (χ2n) is 8.19. The monoisotopic (exact) mass is 504 g/mol. The fourth-order valence-corrected chi connectivity index (χ4v) is 4.51. The highest BCUT2D eigenvalue weighted by atomic mass is 35.5. The maximum atomic E-state index is 13.4. The molecule has 1 fully saturated rings. The van der Waals surface area contributed by atoms with E-state index in [1.165, 1.54) is 31.3 Å². The third-order valence-electron chi connectivity index (χ3n) is 5.99. The molecule has 1 atom stereocenters. The number of rotatable bonds is 5. The van der Waals surface area contributed by atoms with Crippen LogP contribution in [-0.2, 0) is 9.59 Å². The fourth-order valence-electron chi connectivity index (χ4n) is 4.28. The summed E-state index contributed by atoms with van der Waals surface area (Å²) < 4.78 is 10.7. The van der Waals surface area contributed by atoms with E-state index < -0.39 is 23.5 Å². The minimum Gasteiger partial charge on any atom is -0.507 e. The molecule has 182 valence electrons. The molecule has 0 bridgehead atoms. The third-order valence-corrected chi connectivity index (χ3v) is 6.29. The van der Waals surface area contributed by atoms with E-state index in [-0.39, 0.29) is 33.6 Å². The largest absolute Gasteiger partial charge is 0.507 e. The summed E-state index contributed by atoms with van der Waals surface area (Å²) in [4.78, 5) is 40.0. The zero-order chi connectivity index (χ0) is 25.6. The van der Waals surface area contributed by atoms with Crippen molar-refractivity contribution < 1.29 is 24.2 Å². The highest BCUT2D eigenvalue weighted by molar-refractivity contribution is 6.51. The normalized spacial score (nSPS) is 17.1. The van der Waals surface area contributed by atoms with Crippen LogP contribution in [0.4, 0.5) is 5.95 Å². The molecule has 2 aromatic carbocycles. The third kappa shape index (κ3) is 3.74. The van der Waals surface area contributed by atoms with Crippen molar-refractivity contribution in [2.24, 2.45) is 0 Å². The van der Waals surface area contributed by atoms with Crippen molar-refractivity contribution in [3.8, 4) is 11.5 Å². The van der Waals surface area contributed by atoms with E-state index in [0.717, 1.165) is 5.56 Å². The number of carbonyl (C=O) groups excluding carboxylic acids is 2. The number of anilines is 1. The molecule has 4 aromatic rings. The van der Waals surface area contributed by atoms with E-state index in [9.17, 15) is 14.7 Å². The summed E-state index contributed by atoms with van der Waals surface area (Å²) in [6.45, 7) is 1.94. The Hall–Kier alpha value is -4.37. The Morgan fingerprint density at radius 2 is 1.86 bits per heavy atom. The van der Waals surface area contributed by atoms with Crippen LogP contribution >= 0.6 is 11.6 Å². The molecule has 1 aliphatic heterocycles. The number of ether oxygens (including phenoxy) is 2. The lowest BCUT2D eigenvalue weighted by molar-refractivity contribution is -0.132. The summed E-state index contributed by atoms with van der Waals surface area (Å²) >= 11 is 6.22. The molecule has 0 saturated carbocycles. The molecule has 10 heteroatoms. The molecule has 1 saturated heterocycles. The van der Waals surface area contributed by atoms with Crippen LogP contribution in [0.3, 0.4) is 0 Å². The lowest BCUT2D eigenvalue weighted by atomic mass is 9.97. The zero-order valence-electron chi connectivity index (χ0n) is 19.6. The van der Waals surface area contributed by atoms with Gasteiger partial charge in [-0.15, -0.1) is 0 Å². The number of aromatic amines is 1. The Balaban J connectivity index is 1.76. The van der Waals surface area contributed by atoms with E-state index in [4.69, 9.17) is 21.1 Å². The van der Waals surface area contributed by atoms with Crippen LogP contribution in [-0.4, -0.2) is 46.0 Å². The number of hydrogen-bond acceptors (Lipinski definition) is 7. The van der Waals surface area contributed by atoms with Gasteiger partial charge in [-0.1, -0.05) is 23.7 Å². The van der Waals surface area contributed by atoms with Gasteiger partial charge in [0.25, 0.3) is 5.78 Å². The number of Topliss-reactive ketones (excluding diaryl/α,β-unsaturated/α-hetero) is 1. The number of nitrogens with one attached hydrogen (secondary N) is 1. The number of carbonyl (C=O) groups is 2. The number of aromatic nitrogens is 3. The van der Waals surface area contributed by atoms with E-state index in [1.807, 2.05) is 25.1 Å². The van der Waals surface area contributed by atoms with Crippen LogP contribution in [0, 0.1) is 6.92 Å². The second kappa shape index (κ2) is 9.01. The zero-order valence-corrected chi connectivity index (χ0v) is 20.3. The molecule has 0 radical (unpaired) electrons. The van der Waals surface area contributed by atoms with Crippen LogP contribution in [0.15, 0.2) is 60.3 Å². The van der Waals surface area contributed by atoms with E-state index in [2.05, 4.69) is 15.0 Å². The molecule has 9 nitrogen and oxygen atoms in total. The number of pyridine rings is 1. The Morgan fingerprint density at radius 1 is 1.08 bits per heavy atom. The van der Waals surface area contributed by atoms with Gasteiger partial charge >= 0.3 is 5.91 Å². The molecule has 36 heavy (non-hydrogen) atoms. The summed E-state index contributed by atoms with van der Waals surface area (Å²) in [6, 6.07) is 12.6. The molecule has 5 rings (SSSR count). The maximum Gasteiger partial charge on any atom is 0.302 e. The van der Waals surface area contributed by atoms with Gasteiger partial charge in [0.05, 0.1) is 47.1 Å². The van der Waals surface area contributed by atoms with Crippen molar-refractivity contribution in [3.63, 3.8) is 0 Å². The van der Waals surface area contributed by atoms with E-state index in [0.29, 0.717) is 16.7 Å². The first kappa shape index (κ1) is 23.4. The van der Waals surface area contributed by atoms with Crippen molar-refractivity contribution >= 4 is 46.0 Å². The fraction of sp³-hybridized carbons (Fsp3) is 0.154. The van der Waals surface area contributed by atoms with Crippen LogP contribution < -0.4 is 14.4 Å². The number of halogens is 1. The Labute approximate surface area is 211 Å². The summed E-state index contributed by atoms with van der Waals surface area (Å²) in [5.74, 6) is -1.59. The van der Waals surface area contributed by atoms with Gasteiger partial charge in [-0.25, -0.2) is 4.98 Å². The summed E-state index contributed by atoms with van der Waals surface area (Å²) in [5.41, 5.74) is 2.67. The molecule has 1 unspecified atom stereocenters. The predicted octanol–water partition coefficient (Wildman–Crippen LogP) is 4.56. The minimum atomic E-state index is -1.06. The van der Waals surface area contributed by atoms with Gasteiger partial charge in [0.15, 0.2) is 0 Å². The molecular weight excluding hydrogens is 484 g/mol. The van der Waals surface area contributed by atoms with Crippen LogP contribution in [0.5, 0.6) is 11.5 Å². The summed E-state index contributed by atoms with van der Waals surface area (Å²) in [6.07, 6.45) is 1.54. The second-order valence-corrected chi connectivity index (χ2v) is 8.60. The number of H-pyrrole nitrogens is 1. The molecule has 1 aliphatic rings. The van der Waals surface area contributed by atoms with E-state index >= 15 is 0 Å². The van der Waals surface area contributed by atoms with Gasteiger partial charge < -0.3 is 19.6 Å². The number of aliphatic hydroxyl groups is 1. The Bertz CT molecular complexity index is 1550. The number of methoxy groups -OCH3 is 2. The highest BCUT2D eigenvalue weighted by Crippen LogP contribution is 2.44. The number of hydrogen-bond donors (Lipinski definition) is 2. The number of ketones is 1. The van der Waals surface area contributed by atoms with Gasteiger partial charge in [-0.05, 0) is 42.8 Å². The number of amides is 1. The van der Waals surface area contributed by atoms with Gasteiger partial charge in [0.2, 0.25) is 5.95 Å². The number of imidazole rings is 1. The average Bonchev–Trinajstić information content (AvgIpc) is 3.41. The first-order valence-corrected chi connectivity index (χ1v) is 11.3. The molecule has 0 spiro atoms. The SMILES string of the molecule is COc1cc(/C(O)=C2\C(=O)C(=O)N(c3nc4ccc(C)cc4[nH]3)C2c2ccccn2)c(OC)cc1Cl. The summed E-state index contributed by atoms with van der Waals surface area (Å²) in [7, 11) is 2.83. The van der Waals surface area contributed by atoms with Gasteiger partial charge in [0, 0.05) is 12.3 Å². The molecular formula is C26H21ClN4O5. The number of benzene rings is 2. The van der Waals surface area contributed by atoms with Crippen molar-refractivity contribution in [2.75, 3.05) is 19.1 Å². The number of fused-ring (bicyclic) bond motifs is 1. The number of aryl methyl sites for hydroxylation is 1. The molecule has 0 aliphatic carbocycles. The molecule has 1 amide bonds. The maximum absolute atomic E-state index is 13.4. The van der Waals surface area contributed by atoms with Crippen LogP contribution in [0.1, 0.15) is 22.9 Å². The predicted molar refractivity (Wildman–Crippen MR) is 134 cm³/mol. The van der Waals surface area contributed by atoms with Crippen LogP contribution in [0.25, 0.3) is 16.8 Å². The van der Waals surface area contributed by atoms with Crippen molar-refractivity contribution in [3.05, 3.63) is 82.1 Å². The lowest BCUT2D eigenvalue weighted by Gasteiger charge is -2.22. The lowest BCUT2D eigenvalue weighted by Crippen LogP contribution is -2.30. The standard InChI is InChI=1S/C26H21ClN4O5/c1-13-7-8-16-18(10-13)30-26(29-16)31-22(17-6-4-5-9-28-17)21(24(33)25(31)34)23(32)14-11-20(36-3)15(27)12-19(14)35-2/h4-12,22,32H,1-3H3,(H,29,30)/b23-21+. The Kier molecular flexibility index (Phi) is 5.85. The highest BCUT2D eigenvalue weighted by Gasteiger charge is 2.49. The summed E-state index contributed by atoms with van der Waals surface area (Å²) in [5, 5.41) is 11.7. The number of nitrogens with zero attached hydrogens (tertiary/aromatic N) is 3. The first-order chi connectivity index (χ1) is 17.3. The minimum absolute atomic E-state index is 0.137. The van der Waals surface area contributed by atoms with Crippen molar-refractivity contribution in [1.29, 1.82) is 0 Å². The van der Waals surface area contributed by atoms with Gasteiger partial charge in [-0.3, -0.25) is 19.5 Å². The van der Waals surface area contributed by atoms with Crippen molar-refractivity contribution in [1.82, 2.24) is 15.0 Å². The van der Waals surface area contributed by atoms with Gasteiger partial charge in [-0.2, -0.15) is 0 Å². The number of aliphatic hydroxyl groups excluding tert-OH is 1. The van der Waals surface area contributed by atoms with E-state index in [1.54, 1.807) is 24.4 Å². The molecule has 2 N–H and O–H groups in total. The quantitative estimate of drug-likeness (QED) is 0.232. The smallest absolute Gasteiger partial charge is 0.302 e. The van der Waals surface area contributed by atoms with Crippen LogP contribution in [0.2, 0.25) is 5.02 Å². The Morgan fingerprint density at radius 3 is 2.56 bits per heavy atom. The first-order valence-electron chi connectivity index (χ1n) is 10.9. The van der Waals surface area contributed by atoms with Crippen molar-refractivity contribution in [2.45, 2.75) is 13.0 Å².